The Morgan fingerprint density at radius 3 is 1.50 bits per heavy atom. The molecule has 0 unspecified atom stereocenters. The summed E-state index contributed by atoms with van der Waals surface area (Å²) in [6.07, 6.45) is 0. The Hall–Kier alpha value is -3.42. The molecular formula is C26H22N2OP+. The van der Waals surface area contributed by atoms with Crippen LogP contribution in [-0.4, -0.2) is 4.57 Å². The van der Waals surface area contributed by atoms with Crippen LogP contribution in [0, 0.1) is 0 Å². The average Bonchev–Trinajstić information content (AvgIpc) is 3.14. The molecule has 146 valence electrons. The van der Waals surface area contributed by atoms with Gasteiger partial charge in [-0.3, -0.25) is 4.57 Å². The van der Waals surface area contributed by atoms with Gasteiger partial charge in [-0.25, -0.2) is 0 Å². The molecule has 1 heterocycles. The summed E-state index contributed by atoms with van der Waals surface area (Å²) in [5.74, 6) is 0. The van der Waals surface area contributed by atoms with E-state index < -0.39 is 7.41 Å². The minimum Gasteiger partial charge on any atom is -0.421 e. The van der Waals surface area contributed by atoms with Crippen molar-refractivity contribution in [3.63, 3.8) is 0 Å². The molecule has 0 spiro atoms. The van der Waals surface area contributed by atoms with Crippen molar-refractivity contribution in [1.82, 2.24) is 4.57 Å². The number of rotatable bonds is 4. The van der Waals surface area contributed by atoms with Crippen molar-refractivity contribution in [3.05, 3.63) is 121 Å². The Labute approximate surface area is 176 Å². The van der Waals surface area contributed by atoms with E-state index in [1.165, 1.54) is 15.9 Å². The van der Waals surface area contributed by atoms with Crippen LogP contribution in [0.4, 0.5) is 0 Å². The van der Waals surface area contributed by atoms with Crippen molar-refractivity contribution in [2.45, 2.75) is 0 Å². The van der Waals surface area contributed by atoms with Crippen LogP contribution in [0.2, 0.25) is 0 Å². The average molecular weight is 409 g/mol. The molecule has 0 saturated carbocycles. The largest absolute Gasteiger partial charge is 0.421 e. The van der Waals surface area contributed by atoms with Gasteiger partial charge in [-0.1, -0.05) is 71.5 Å². The highest BCUT2D eigenvalue weighted by Gasteiger charge is 2.47. The summed E-state index contributed by atoms with van der Waals surface area (Å²) in [7, 11) is -0.333. The highest BCUT2D eigenvalue weighted by atomic mass is 31.2. The predicted molar refractivity (Wildman–Crippen MR) is 126 cm³/mol. The maximum absolute atomic E-state index is 6.24. The van der Waals surface area contributed by atoms with Gasteiger partial charge in [-0.2, -0.15) is 0 Å². The molecule has 0 atom stereocenters. The summed E-state index contributed by atoms with van der Waals surface area (Å²) < 4.78 is 13.7. The molecule has 0 amide bonds. The molecule has 0 aliphatic rings. The standard InChI is InChI=1S/C26H22N2OP/c1-28-24-19-11-12-20-25(24)29-26(28)27-30(21-13-5-2-6-14-21,22-15-7-3-8-16-22)23-17-9-4-10-18-23/h2-20H,1H3/q+1. The van der Waals surface area contributed by atoms with E-state index in [1.807, 2.05) is 29.8 Å². The molecule has 4 aromatic carbocycles. The molecule has 0 fully saturated rings. The van der Waals surface area contributed by atoms with E-state index in [4.69, 9.17) is 9.18 Å². The number of benzene rings is 4. The van der Waals surface area contributed by atoms with Gasteiger partial charge < -0.3 is 4.42 Å². The number of aryl methyl sites for hydroxylation is 1. The first-order chi connectivity index (χ1) is 14.8. The van der Waals surface area contributed by atoms with E-state index in [0.29, 0.717) is 5.68 Å². The van der Waals surface area contributed by atoms with Gasteiger partial charge in [0.05, 0.1) is 5.52 Å². The van der Waals surface area contributed by atoms with Crippen molar-refractivity contribution in [1.29, 1.82) is 0 Å². The Morgan fingerprint density at radius 1 is 0.600 bits per heavy atom. The van der Waals surface area contributed by atoms with Crippen LogP contribution in [-0.2, 0) is 7.05 Å². The summed E-state index contributed by atoms with van der Waals surface area (Å²) in [5, 5.41) is 3.59. The number of hydrogen-bond acceptors (Lipinski definition) is 2. The molecule has 0 saturated heterocycles. The van der Waals surface area contributed by atoms with Crippen LogP contribution in [0.15, 0.2) is 124 Å². The molecule has 0 aliphatic heterocycles. The van der Waals surface area contributed by atoms with Crippen molar-refractivity contribution in [2.75, 3.05) is 0 Å². The third kappa shape index (κ3) is 3.08. The van der Waals surface area contributed by atoms with Crippen molar-refractivity contribution in [2.24, 2.45) is 11.8 Å². The zero-order valence-corrected chi connectivity index (χ0v) is 17.6. The first kappa shape index (κ1) is 18.6. The van der Waals surface area contributed by atoms with Gasteiger partial charge in [0, 0.05) is 7.05 Å². The third-order valence-corrected chi connectivity index (χ3v) is 8.95. The highest BCUT2D eigenvalue weighted by Crippen LogP contribution is 2.56. The predicted octanol–water partition coefficient (Wildman–Crippen LogP) is 4.58. The molecule has 1 aromatic heterocycles. The van der Waals surface area contributed by atoms with Gasteiger partial charge in [0.15, 0.2) is 5.58 Å². The lowest BCUT2D eigenvalue weighted by atomic mass is 10.3. The van der Waals surface area contributed by atoms with E-state index in [0.717, 1.165) is 11.1 Å². The normalized spacial score (nSPS) is 12.4. The Bertz CT molecular complexity index is 1240. The quantitative estimate of drug-likeness (QED) is 0.400. The zero-order chi connectivity index (χ0) is 20.4. The van der Waals surface area contributed by atoms with E-state index in [1.54, 1.807) is 0 Å². The Balaban J connectivity index is 1.92. The van der Waals surface area contributed by atoms with Crippen LogP contribution in [0.5, 0.6) is 0 Å². The molecule has 4 heteroatoms. The number of para-hydroxylation sites is 2. The van der Waals surface area contributed by atoms with Gasteiger partial charge in [0.25, 0.3) is 0 Å². The second-order valence-corrected chi connectivity index (χ2v) is 10.2. The van der Waals surface area contributed by atoms with E-state index in [2.05, 4.69) is 97.1 Å². The minimum atomic E-state index is -2.35. The number of nitrogens with zero attached hydrogens (tertiary/aromatic N) is 2. The van der Waals surface area contributed by atoms with Crippen LogP contribution >= 0.6 is 7.41 Å². The molecule has 5 aromatic rings. The van der Waals surface area contributed by atoms with Gasteiger partial charge >= 0.3 is 5.68 Å². The fourth-order valence-electron chi connectivity index (χ4n) is 3.86. The first-order valence-corrected chi connectivity index (χ1v) is 11.7. The number of hydrogen-bond donors (Lipinski definition) is 0. The molecule has 0 bridgehead atoms. The van der Waals surface area contributed by atoms with Crippen molar-refractivity contribution >= 4 is 34.4 Å². The second-order valence-electron chi connectivity index (χ2n) is 7.15. The summed E-state index contributed by atoms with van der Waals surface area (Å²) in [6.45, 7) is 0. The molecular weight excluding hydrogens is 387 g/mol. The topological polar surface area (TPSA) is 30.4 Å². The van der Waals surface area contributed by atoms with Gasteiger partial charge in [-0.15, -0.1) is 0 Å². The molecule has 5 rings (SSSR count). The van der Waals surface area contributed by atoms with E-state index in [9.17, 15) is 0 Å². The maximum atomic E-state index is 6.24. The fraction of sp³-hybridized carbons (Fsp3) is 0.0385. The summed E-state index contributed by atoms with van der Waals surface area (Å²) in [4.78, 5) is 0. The molecule has 0 N–H and O–H groups in total. The highest BCUT2D eigenvalue weighted by molar-refractivity contribution is 7.94. The van der Waals surface area contributed by atoms with Gasteiger partial charge in [-0.05, 0) is 48.5 Å². The smallest absolute Gasteiger partial charge is 0.335 e. The molecule has 0 radical (unpaired) electrons. The molecule has 30 heavy (non-hydrogen) atoms. The third-order valence-electron chi connectivity index (χ3n) is 5.34. The van der Waals surface area contributed by atoms with Crippen LogP contribution < -0.4 is 21.6 Å². The van der Waals surface area contributed by atoms with E-state index >= 15 is 0 Å². The maximum Gasteiger partial charge on any atom is 0.335 e. The molecule has 3 nitrogen and oxygen atoms in total. The van der Waals surface area contributed by atoms with Crippen molar-refractivity contribution < 1.29 is 4.42 Å². The number of oxazole rings is 1. The van der Waals surface area contributed by atoms with Gasteiger partial charge in [0.1, 0.15) is 15.9 Å². The lowest BCUT2D eigenvalue weighted by Gasteiger charge is -2.21. The first-order valence-electron chi connectivity index (χ1n) is 9.96. The van der Waals surface area contributed by atoms with Gasteiger partial charge in [0.2, 0.25) is 7.41 Å². The fourth-order valence-corrected chi connectivity index (χ4v) is 7.34. The van der Waals surface area contributed by atoms with Crippen molar-refractivity contribution in [3.8, 4) is 0 Å². The zero-order valence-electron chi connectivity index (χ0n) is 16.7. The van der Waals surface area contributed by atoms with Crippen LogP contribution in [0.1, 0.15) is 0 Å². The number of fused-ring (bicyclic) bond motifs is 1. The summed E-state index contributed by atoms with van der Waals surface area (Å²) >= 11 is 0. The Morgan fingerprint density at radius 2 is 1.03 bits per heavy atom. The van der Waals surface area contributed by atoms with Crippen LogP contribution in [0.25, 0.3) is 11.1 Å². The Kier molecular flexibility index (Phi) is 4.82. The van der Waals surface area contributed by atoms with E-state index in [-0.39, 0.29) is 0 Å². The SMILES string of the molecule is Cn1c(=N[P+](c2ccccc2)(c2ccccc2)c2ccccc2)oc2ccccc21. The number of aromatic nitrogens is 1. The van der Waals surface area contributed by atoms with Crippen LogP contribution in [0.3, 0.4) is 0 Å². The minimum absolute atomic E-state index is 0.626. The summed E-state index contributed by atoms with van der Waals surface area (Å²) in [5.41, 5.74) is 2.50. The molecule has 0 aliphatic carbocycles. The summed E-state index contributed by atoms with van der Waals surface area (Å²) in [6, 6.07) is 39.8. The second kappa shape index (κ2) is 7.78. The lowest BCUT2D eigenvalue weighted by Crippen LogP contribution is -2.32. The monoisotopic (exact) mass is 409 g/mol. The lowest BCUT2D eigenvalue weighted by molar-refractivity contribution is 0.513.